The van der Waals surface area contributed by atoms with Crippen LogP contribution in [0.3, 0.4) is 0 Å². The number of aryl methyl sites for hydroxylation is 1. The third kappa shape index (κ3) is 5.12. The van der Waals surface area contributed by atoms with Gasteiger partial charge in [0.25, 0.3) is 0 Å². The van der Waals surface area contributed by atoms with Gasteiger partial charge in [-0.2, -0.15) is 0 Å². The van der Waals surface area contributed by atoms with Gasteiger partial charge in [0.1, 0.15) is 12.4 Å². The summed E-state index contributed by atoms with van der Waals surface area (Å²) in [5, 5.41) is 10.1. The van der Waals surface area contributed by atoms with Gasteiger partial charge >= 0.3 is 51.4 Å². The molecule has 0 aliphatic carbocycles. The first-order valence-electron chi connectivity index (χ1n) is 4.14. The first-order chi connectivity index (χ1) is 6.22. The maximum atomic E-state index is 10.1. The summed E-state index contributed by atoms with van der Waals surface area (Å²) in [6, 6.07) is 7.35. The molecule has 0 unspecified atom stereocenters. The van der Waals surface area contributed by atoms with Crippen LogP contribution in [0.5, 0.6) is 5.75 Å². The van der Waals surface area contributed by atoms with Crippen LogP contribution in [-0.2, 0) is 11.2 Å². The predicted molar refractivity (Wildman–Crippen MR) is 46.3 cm³/mol. The molecule has 0 bridgehead atoms. The molecule has 0 spiro atoms. The quantitative estimate of drug-likeness (QED) is 0.520. The van der Waals surface area contributed by atoms with E-state index in [1.54, 1.807) is 6.07 Å². The van der Waals surface area contributed by atoms with Crippen molar-refractivity contribution in [2.24, 2.45) is 0 Å². The molecule has 0 saturated heterocycles. The second-order valence-electron chi connectivity index (χ2n) is 2.66. The van der Waals surface area contributed by atoms with Crippen molar-refractivity contribution >= 4 is 5.97 Å². The number of carbonyl (C=O) groups is 1. The van der Waals surface area contributed by atoms with Crippen molar-refractivity contribution in [2.75, 3.05) is 6.61 Å². The van der Waals surface area contributed by atoms with Crippen LogP contribution in [0, 0.1) is 0 Å². The van der Waals surface area contributed by atoms with Crippen LogP contribution in [0.2, 0.25) is 0 Å². The standard InChI is InChI=1S/C10H12O3.K/c1-2-8-4-3-5-9(6-8)13-7-10(11)12;/h3-6H,2,7H2,1H3,(H,11,12);/q;+1/p-1. The fourth-order valence-corrected chi connectivity index (χ4v) is 0.997. The van der Waals surface area contributed by atoms with Crippen molar-refractivity contribution in [2.45, 2.75) is 13.3 Å². The fourth-order valence-electron chi connectivity index (χ4n) is 0.997. The van der Waals surface area contributed by atoms with Gasteiger partial charge in [0, 0.05) is 0 Å². The molecule has 1 aromatic carbocycles. The van der Waals surface area contributed by atoms with E-state index in [0.29, 0.717) is 5.75 Å². The molecule has 0 aliphatic rings. The van der Waals surface area contributed by atoms with Gasteiger partial charge in [-0.3, -0.25) is 0 Å². The minimum Gasteiger partial charge on any atom is -0.546 e. The van der Waals surface area contributed by atoms with E-state index in [2.05, 4.69) is 0 Å². The summed E-state index contributed by atoms with van der Waals surface area (Å²) < 4.78 is 4.95. The second-order valence-corrected chi connectivity index (χ2v) is 2.66. The van der Waals surface area contributed by atoms with Gasteiger partial charge in [0.15, 0.2) is 0 Å². The van der Waals surface area contributed by atoms with Crippen molar-refractivity contribution in [3.63, 3.8) is 0 Å². The maximum absolute atomic E-state index is 10.1. The molecule has 0 N–H and O–H groups in total. The molecule has 70 valence electrons. The molecular weight excluding hydrogens is 207 g/mol. The van der Waals surface area contributed by atoms with Gasteiger partial charge in [0.05, 0.1) is 5.97 Å². The molecule has 0 fully saturated rings. The summed E-state index contributed by atoms with van der Waals surface area (Å²) in [6.07, 6.45) is 0.905. The van der Waals surface area contributed by atoms with Gasteiger partial charge in [-0.05, 0) is 24.1 Å². The van der Waals surface area contributed by atoms with Crippen LogP contribution in [0.1, 0.15) is 12.5 Å². The molecule has 0 aromatic heterocycles. The molecule has 0 heterocycles. The molecule has 0 saturated carbocycles. The number of aliphatic carboxylic acids is 1. The first kappa shape index (κ1) is 14.1. The number of carboxylic acids is 1. The van der Waals surface area contributed by atoms with Gasteiger partial charge in [-0.1, -0.05) is 19.1 Å². The van der Waals surface area contributed by atoms with Crippen LogP contribution in [0.25, 0.3) is 0 Å². The minimum absolute atomic E-state index is 0. The summed E-state index contributed by atoms with van der Waals surface area (Å²) in [7, 11) is 0. The van der Waals surface area contributed by atoms with Crippen molar-refractivity contribution in [1.82, 2.24) is 0 Å². The number of rotatable bonds is 4. The van der Waals surface area contributed by atoms with Crippen molar-refractivity contribution in [3.8, 4) is 5.75 Å². The molecule has 0 atom stereocenters. The summed E-state index contributed by atoms with van der Waals surface area (Å²) in [5.74, 6) is -0.634. The van der Waals surface area contributed by atoms with E-state index in [1.807, 2.05) is 25.1 Å². The third-order valence-corrected chi connectivity index (χ3v) is 1.66. The Labute approximate surface area is 126 Å². The van der Waals surface area contributed by atoms with Crippen molar-refractivity contribution in [3.05, 3.63) is 29.8 Å². The summed E-state index contributed by atoms with van der Waals surface area (Å²) in [4.78, 5) is 10.1. The monoisotopic (exact) mass is 218 g/mol. The van der Waals surface area contributed by atoms with E-state index in [4.69, 9.17) is 4.74 Å². The number of carboxylic acid groups (broad SMARTS) is 1. The van der Waals surface area contributed by atoms with Crippen LogP contribution in [-0.4, -0.2) is 12.6 Å². The number of hydrogen-bond acceptors (Lipinski definition) is 3. The molecule has 0 aliphatic heterocycles. The molecule has 0 amide bonds. The van der Waals surface area contributed by atoms with E-state index in [1.165, 1.54) is 0 Å². The zero-order valence-corrected chi connectivity index (χ0v) is 11.6. The molecule has 1 rings (SSSR count). The van der Waals surface area contributed by atoms with Gasteiger partial charge in [-0.15, -0.1) is 0 Å². The Kier molecular flexibility index (Phi) is 7.49. The van der Waals surface area contributed by atoms with Crippen LogP contribution >= 0.6 is 0 Å². The molecule has 14 heavy (non-hydrogen) atoms. The smallest absolute Gasteiger partial charge is 0.546 e. The SMILES string of the molecule is CCc1cccc(OCC(=O)[O-])c1.[K+]. The number of carbonyl (C=O) groups excluding carboxylic acids is 1. The third-order valence-electron chi connectivity index (χ3n) is 1.66. The fraction of sp³-hybridized carbons (Fsp3) is 0.300. The van der Waals surface area contributed by atoms with E-state index in [9.17, 15) is 9.90 Å². The van der Waals surface area contributed by atoms with Crippen LogP contribution < -0.4 is 61.2 Å². The summed E-state index contributed by atoms with van der Waals surface area (Å²) in [5.41, 5.74) is 1.12. The van der Waals surface area contributed by atoms with E-state index in [0.717, 1.165) is 12.0 Å². The Balaban J connectivity index is 0.00000169. The summed E-state index contributed by atoms with van der Waals surface area (Å²) >= 11 is 0. The zero-order valence-electron chi connectivity index (χ0n) is 8.45. The van der Waals surface area contributed by atoms with Crippen molar-refractivity contribution in [1.29, 1.82) is 0 Å². The molecular formula is C10H11KO3. The average Bonchev–Trinajstić information content (AvgIpc) is 2.15. The van der Waals surface area contributed by atoms with Crippen LogP contribution in [0.15, 0.2) is 24.3 Å². The Morgan fingerprint density at radius 2 is 2.21 bits per heavy atom. The number of hydrogen-bond donors (Lipinski definition) is 0. The maximum Gasteiger partial charge on any atom is 1.00 e. The molecule has 1 aromatic rings. The number of benzene rings is 1. The Morgan fingerprint density at radius 1 is 1.50 bits per heavy atom. The van der Waals surface area contributed by atoms with Gasteiger partial charge < -0.3 is 14.6 Å². The minimum atomic E-state index is -1.21. The van der Waals surface area contributed by atoms with E-state index in [-0.39, 0.29) is 51.4 Å². The van der Waals surface area contributed by atoms with Gasteiger partial charge in [-0.25, -0.2) is 0 Å². The second kappa shape index (κ2) is 7.42. The Hall–Kier alpha value is 0.126. The molecule has 3 nitrogen and oxygen atoms in total. The topological polar surface area (TPSA) is 49.4 Å². The summed E-state index contributed by atoms with van der Waals surface area (Å²) in [6.45, 7) is 1.63. The molecule has 4 heteroatoms. The van der Waals surface area contributed by atoms with Gasteiger partial charge in [0.2, 0.25) is 0 Å². The normalized spacial score (nSPS) is 8.93. The average molecular weight is 218 g/mol. The first-order valence-corrected chi connectivity index (χ1v) is 4.14. The Morgan fingerprint density at radius 3 is 2.79 bits per heavy atom. The van der Waals surface area contributed by atoms with Crippen molar-refractivity contribution < 1.29 is 66.0 Å². The van der Waals surface area contributed by atoms with Crippen LogP contribution in [0.4, 0.5) is 0 Å². The number of ether oxygens (including phenoxy) is 1. The Bertz CT molecular complexity index is 299. The van der Waals surface area contributed by atoms with E-state index >= 15 is 0 Å². The zero-order chi connectivity index (χ0) is 9.68. The largest absolute Gasteiger partial charge is 1.00 e. The van der Waals surface area contributed by atoms with E-state index < -0.39 is 12.6 Å². The predicted octanol–water partition coefficient (Wildman–Crippen LogP) is -2.62. The molecule has 0 radical (unpaired) electrons.